The number of nitrogens with one attached hydrogen (secondary N) is 1. The van der Waals surface area contributed by atoms with Gasteiger partial charge in [-0.1, -0.05) is 49.6 Å². The molecule has 0 heterocycles. The highest BCUT2D eigenvalue weighted by molar-refractivity contribution is 5.19. The normalized spacial score (nSPS) is 16.9. The first-order valence-corrected chi connectivity index (χ1v) is 5.37. The van der Waals surface area contributed by atoms with Crippen LogP contribution in [0.2, 0.25) is 0 Å². The van der Waals surface area contributed by atoms with Crippen molar-refractivity contribution in [1.29, 1.82) is 5.41 Å². The van der Waals surface area contributed by atoms with E-state index in [9.17, 15) is 0 Å². The molecular weight excluding hydrogens is 170 g/mol. The highest BCUT2D eigenvalue weighted by Crippen LogP contribution is 2.31. The van der Waals surface area contributed by atoms with Crippen LogP contribution in [0, 0.1) is 5.41 Å². The van der Waals surface area contributed by atoms with Gasteiger partial charge in [0.25, 0.3) is 0 Å². The Morgan fingerprint density at radius 3 is 2.07 bits per heavy atom. The van der Waals surface area contributed by atoms with Crippen molar-refractivity contribution in [2.75, 3.05) is 0 Å². The lowest BCUT2D eigenvalue weighted by Crippen LogP contribution is -2.03. The van der Waals surface area contributed by atoms with Crippen LogP contribution >= 0.6 is 0 Å². The largest absolute Gasteiger partial charge is 0.317 e. The van der Waals surface area contributed by atoms with Crippen LogP contribution < -0.4 is 0 Å². The molecule has 0 amide bonds. The Kier molecular flexibility index (Phi) is 4.98. The number of rotatable bonds is 1. The molecule has 1 aromatic rings. The molecule has 1 nitrogen and oxygen atoms in total. The first kappa shape index (κ1) is 11.0. The van der Waals surface area contributed by atoms with E-state index < -0.39 is 0 Å². The van der Waals surface area contributed by atoms with Gasteiger partial charge in [0, 0.05) is 0 Å². The van der Waals surface area contributed by atoms with E-state index in [0.717, 1.165) is 5.92 Å². The molecule has 1 fully saturated rings. The van der Waals surface area contributed by atoms with Crippen molar-refractivity contribution in [3.63, 3.8) is 0 Å². The van der Waals surface area contributed by atoms with Crippen molar-refractivity contribution in [2.45, 2.75) is 38.0 Å². The summed E-state index contributed by atoms with van der Waals surface area (Å²) in [5.41, 5.74) is 1.55. The monoisotopic (exact) mass is 189 g/mol. The molecule has 1 saturated carbocycles. The van der Waals surface area contributed by atoms with Crippen molar-refractivity contribution < 1.29 is 0 Å². The molecule has 1 aromatic carbocycles. The fraction of sp³-hybridized carbons (Fsp3) is 0.462. The van der Waals surface area contributed by atoms with Crippen LogP contribution in [0.4, 0.5) is 0 Å². The second-order valence-corrected chi connectivity index (χ2v) is 3.75. The standard InChI is InChI=1S/C12H16.CH3N/c1-3-7-11(8-4-1)12-9-5-2-6-10-12;1-2/h1,3-4,7-8,12H,2,5-6,9-10H2;2H,1H2. The Labute approximate surface area is 86.7 Å². The zero-order valence-electron chi connectivity index (χ0n) is 8.71. The van der Waals surface area contributed by atoms with Crippen molar-refractivity contribution in [1.82, 2.24) is 0 Å². The molecule has 1 aliphatic carbocycles. The molecule has 0 unspecified atom stereocenters. The summed E-state index contributed by atoms with van der Waals surface area (Å²) < 4.78 is 0. The Balaban J connectivity index is 0.000000461. The highest BCUT2D eigenvalue weighted by Gasteiger charge is 2.14. The van der Waals surface area contributed by atoms with E-state index >= 15 is 0 Å². The summed E-state index contributed by atoms with van der Waals surface area (Å²) in [7, 11) is 0. The Bertz CT molecular complexity index is 237. The van der Waals surface area contributed by atoms with Crippen LogP contribution in [0.3, 0.4) is 0 Å². The summed E-state index contributed by atoms with van der Waals surface area (Å²) in [6, 6.07) is 11.0. The van der Waals surface area contributed by atoms with E-state index in [1.54, 1.807) is 5.56 Å². The molecule has 2 rings (SSSR count). The molecule has 0 bridgehead atoms. The van der Waals surface area contributed by atoms with Gasteiger partial charge in [-0.15, -0.1) is 0 Å². The summed E-state index contributed by atoms with van der Waals surface area (Å²) in [6.45, 7) is 2.50. The van der Waals surface area contributed by atoms with E-state index in [-0.39, 0.29) is 0 Å². The third-order valence-electron chi connectivity index (χ3n) is 2.88. The zero-order valence-corrected chi connectivity index (χ0v) is 8.71. The van der Waals surface area contributed by atoms with Crippen LogP contribution in [0.15, 0.2) is 30.3 Å². The lowest BCUT2D eigenvalue weighted by atomic mass is 9.84. The highest BCUT2D eigenvalue weighted by atomic mass is 14.2. The molecule has 0 aliphatic heterocycles. The minimum absolute atomic E-state index is 0.861. The van der Waals surface area contributed by atoms with Crippen LogP contribution in [-0.2, 0) is 0 Å². The SMILES string of the molecule is C=N.c1ccc(C2CCCCC2)cc1. The van der Waals surface area contributed by atoms with E-state index in [1.807, 2.05) is 0 Å². The average Bonchev–Trinajstić information content (AvgIpc) is 2.34. The number of hydrogen-bond acceptors (Lipinski definition) is 1. The van der Waals surface area contributed by atoms with Crippen LogP contribution in [0.5, 0.6) is 0 Å². The van der Waals surface area contributed by atoms with Gasteiger partial charge < -0.3 is 5.41 Å². The van der Waals surface area contributed by atoms with Crippen molar-refractivity contribution >= 4 is 6.72 Å². The molecular formula is C13H19N. The van der Waals surface area contributed by atoms with Gasteiger partial charge in [0.15, 0.2) is 0 Å². The van der Waals surface area contributed by atoms with E-state index in [4.69, 9.17) is 5.41 Å². The van der Waals surface area contributed by atoms with Crippen LogP contribution in [0.25, 0.3) is 0 Å². The molecule has 0 aromatic heterocycles. The molecule has 0 radical (unpaired) electrons. The Hall–Kier alpha value is -1.11. The number of benzene rings is 1. The maximum Gasteiger partial charge on any atom is -0.0162 e. The quantitative estimate of drug-likeness (QED) is 0.646. The molecule has 0 saturated heterocycles. The predicted octanol–water partition coefficient (Wildman–Crippen LogP) is 4.00. The minimum atomic E-state index is 0.861. The summed E-state index contributed by atoms with van der Waals surface area (Å²) in [5.74, 6) is 0.861. The average molecular weight is 189 g/mol. The smallest absolute Gasteiger partial charge is 0.0162 e. The van der Waals surface area contributed by atoms with Gasteiger partial charge >= 0.3 is 0 Å². The minimum Gasteiger partial charge on any atom is -0.317 e. The fourth-order valence-corrected chi connectivity index (χ4v) is 2.16. The van der Waals surface area contributed by atoms with Crippen molar-refractivity contribution in [3.05, 3.63) is 35.9 Å². The Morgan fingerprint density at radius 1 is 0.929 bits per heavy atom. The first-order chi connectivity index (χ1) is 6.97. The molecule has 0 spiro atoms. The summed E-state index contributed by atoms with van der Waals surface area (Å²) in [4.78, 5) is 0. The molecule has 1 aliphatic rings. The third-order valence-corrected chi connectivity index (χ3v) is 2.88. The third kappa shape index (κ3) is 2.99. The topological polar surface area (TPSA) is 23.9 Å². The summed E-state index contributed by atoms with van der Waals surface area (Å²) in [6.07, 6.45) is 7.12. The van der Waals surface area contributed by atoms with Gasteiger partial charge in [0.1, 0.15) is 0 Å². The van der Waals surface area contributed by atoms with Crippen molar-refractivity contribution in [3.8, 4) is 0 Å². The van der Waals surface area contributed by atoms with Gasteiger partial charge in [0.2, 0.25) is 0 Å². The Morgan fingerprint density at radius 2 is 1.50 bits per heavy atom. The molecule has 0 atom stereocenters. The van der Waals surface area contributed by atoms with Crippen LogP contribution in [0.1, 0.15) is 43.6 Å². The van der Waals surface area contributed by atoms with Gasteiger partial charge in [0.05, 0.1) is 0 Å². The molecule has 1 heteroatoms. The van der Waals surface area contributed by atoms with Crippen molar-refractivity contribution in [2.24, 2.45) is 0 Å². The summed E-state index contributed by atoms with van der Waals surface area (Å²) in [5, 5.41) is 5.50. The lowest BCUT2D eigenvalue weighted by molar-refractivity contribution is 0.443. The van der Waals surface area contributed by atoms with Gasteiger partial charge in [-0.3, -0.25) is 0 Å². The van der Waals surface area contributed by atoms with E-state index in [1.165, 1.54) is 32.1 Å². The van der Waals surface area contributed by atoms with Gasteiger partial charge in [-0.2, -0.15) is 0 Å². The van der Waals surface area contributed by atoms with Crippen LogP contribution in [-0.4, -0.2) is 6.72 Å². The molecule has 76 valence electrons. The first-order valence-electron chi connectivity index (χ1n) is 5.37. The van der Waals surface area contributed by atoms with E-state index in [2.05, 4.69) is 37.0 Å². The summed E-state index contributed by atoms with van der Waals surface area (Å²) >= 11 is 0. The molecule has 14 heavy (non-hydrogen) atoms. The van der Waals surface area contributed by atoms with E-state index in [0.29, 0.717) is 0 Å². The molecule has 1 N–H and O–H groups in total. The maximum atomic E-state index is 5.50. The number of hydrogen-bond donors (Lipinski definition) is 1. The lowest BCUT2D eigenvalue weighted by Gasteiger charge is -2.21. The fourth-order valence-electron chi connectivity index (χ4n) is 2.16. The van der Waals surface area contributed by atoms with Gasteiger partial charge in [-0.05, 0) is 31.0 Å². The maximum absolute atomic E-state index is 5.50. The zero-order chi connectivity index (χ0) is 10.2. The second kappa shape index (κ2) is 6.36. The van der Waals surface area contributed by atoms with Gasteiger partial charge in [-0.25, -0.2) is 0 Å². The second-order valence-electron chi connectivity index (χ2n) is 3.75. The predicted molar refractivity (Wildman–Crippen MR) is 62.1 cm³/mol.